The van der Waals surface area contributed by atoms with Crippen molar-refractivity contribution in [3.8, 4) is 0 Å². The quantitative estimate of drug-likeness (QED) is 0.731. The van der Waals surface area contributed by atoms with Crippen LogP contribution in [0.25, 0.3) is 0 Å². The van der Waals surface area contributed by atoms with Gasteiger partial charge < -0.3 is 9.64 Å². The Bertz CT molecular complexity index is 241. The molecule has 0 aliphatic carbocycles. The van der Waals surface area contributed by atoms with E-state index < -0.39 is 0 Å². The van der Waals surface area contributed by atoms with Gasteiger partial charge in [-0.3, -0.25) is 4.79 Å². The van der Waals surface area contributed by atoms with Crippen molar-refractivity contribution in [2.75, 3.05) is 18.5 Å². The van der Waals surface area contributed by atoms with Crippen molar-refractivity contribution < 1.29 is 9.53 Å². The lowest BCUT2D eigenvalue weighted by Gasteiger charge is -2.30. The highest BCUT2D eigenvalue weighted by Crippen LogP contribution is 2.22. The second kappa shape index (κ2) is 6.01. The van der Waals surface area contributed by atoms with Crippen LogP contribution in [0.2, 0.25) is 0 Å². The maximum absolute atomic E-state index is 12.3. The molecule has 3 nitrogen and oxygen atoms in total. The molecule has 2 saturated heterocycles. The first kappa shape index (κ1) is 12.4. The Balaban J connectivity index is 2.00. The topological polar surface area (TPSA) is 29.5 Å². The first-order valence-electron chi connectivity index (χ1n) is 6.31. The van der Waals surface area contributed by atoms with E-state index >= 15 is 0 Å². The van der Waals surface area contributed by atoms with Crippen LogP contribution in [0, 0.1) is 0 Å². The van der Waals surface area contributed by atoms with Crippen molar-refractivity contribution in [3.05, 3.63) is 0 Å². The van der Waals surface area contributed by atoms with Gasteiger partial charge in [-0.15, -0.1) is 0 Å². The molecule has 0 spiro atoms. The van der Waals surface area contributed by atoms with E-state index in [0.717, 1.165) is 44.2 Å². The largest absolute Gasteiger partial charge is 0.368 e. The van der Waals surface area contributed by atoms with Gasteiger partial charge in [-0.25, -0.2) is 0 Å². The lowest BCUT2D eigenvalue weighted by atomic mass is 10.1. The van der Waals surface area contributed by atoms with Gasteiger partial charge in [0.25, 0.3) is 5.91 Å². The Morgan fingerprint density at radius 2 is 2.12 bits per heavy atom. The monoisotopic (exact) mass is 289 g/mol. The number of hydrogen-bond donors (Lipinski definition) is 0. The van der Waals surface area contributed by atoms with E-state index in [1.807, 2.05) is 0 Å². The van der Waals surface area contributed by atoms with Gasteiger partial charge >= 0.3 is 0 Å². The van der Waals surface area contributed by atoms with Crippen LogP contribution in [0.3, 0.4) is 0 Å². The molecule has 0 radical (unpaired) electrons. The molecule has 0 N–H and O–H groups in total. The predicted octanol–water partition coefficient (Wildman–Crippen LogP) is 2.33. The molecule has 92 valence electrons. The summed E-state index contributed by atoms with van der Waals surface area (Å²) in [6.45, 7) is 1.66. The van der Waals surface area contributed by atoms with Gasteiger partial charge in [0.15, 0.2) is 0 Å². The molecule has 16 heavy (non-hydrogen) atoms. The summed E-state index contributed by atoms with van der Waals surface area (Å²) in [7, 11) is 0. The van der Waals surface area contributed by atoms with Crippen LogP contribution in [0.5, 0.6) is 0 Å². The predicted molar refractivity (Wildman–Crippen MR) is 66.7 cm³/mol. The van der Waals surface area contributed by atoms with E-state index in [0.29, 0.717) is 6.04 Å². The maximum atomic E-state index is 12.3. The van der Waals surface area contributed by atoms with Gasteiger partial charge in [0.05, 0.1) is 0 Å². The maximum Gasteiger partial charge on any atom is 0.251 e. The number of likely N-dealkylation sites (tertiary alicyclic amines) is 1. The normalized spacial score (nSPS) is 31.4. The summed E-state index contributed by atoms with van der Waals surface area (Å²) in [4.78, 5) is 14.4. The summed E-state index contributed by atoms with van der Waals surface area (Å²) < 4.78 is 5.50. The molecule has 2 heterocycles. The highest BCUT2D eigenvalue weighted by atomic mass is 79.9. The number of ether oxygens (including phenoxy) is 1. The summed E-state index contributed by atoms with van der Waals surface area (Å²) in [5.41, 5.74) is 0. The number of carbonyl (C=O) groups excluding carboxylic acids is 1. The summed E-state index contributed by atoms with van der Waals surface area (Å²) in [6.07, 6.45) is 6.54. The lowest BCUT2D eigenvalue weighted by Crippen LogP contribution is -2.46. The highest BCUT2D eigenvalue weighted by molar-refractivity contribution is 9.09. The second-order valence-electron chi connectivity index (χ2n) is 4.69. The zero-order valence-corrected chi connectivity index (χ0v) is 11.2. The lowest BCUT2D eigenvalue weighted by molar-refractivity contribution is -0.142. The fourth-order valence-corrected chi connectivity index (χ4v) is 3.26. The third-order valence-electron chi connectivity index (χ3n) is 3.54. The molecule has 2 unspecified atom stereocenters. The Labute approximate surface area is 106 Å². The minimum absolute atomic E-state index is 0.153. The van der Waals surface area contributed by atoms with Crippen LogP contribution >= 0.6 is 15.9 Å². The van der Waals surface area contributed by atoms with Gasteiger partial charge in [0.2, 0.25) is 0 Å². The van der Waals surface area contributed by atoms with Gasteiger partial charge in [0, 0.05) is 24.5 Å². The summed E-state index contributed by atoms with van der Waals surface area (Å²) >= 11 is 3.53. The van der Waals surface area contributed by atoms with E-state index in [1.165, 1.54) is 12.8 Å². The van der Waals surface area contributed by atoms with Crippen LogP contribution in [0.1, 0.15) is 38.5 Å². The molecular formula is C12H20BrNO2. The van der Waals surface area contributed by atoms with Crippen LogP contribution in [0.15, 0.2) is 0 Å². The standard InChI is InChI=1S/C12H20BrNO2/c13-9-10-5-2-1-3-7-14(10)12(15)11-6-4-8-16-11/h10-11H,1-9H2. The van der Waals surface area contributed by atoms with Crippen molar-refractivity contribution in [2.24, 2.45) is 0 Å². The van der Waals surface area contributed by atoms with Crippen LogP contribution in [-0.4, -0.2) is 41.4 Å². The molecular weight excluding hydrogens is 270 g/mol. The van der Waals surface area contributed by atoms with E-state index in [2.05, 4.69) is 20.8 Å². The molecule has 0 saturated carbocycles. The third-order valence-corrected chi connectivity index (χ3v) is 4.29. The SMILES string of the molecule is O=C(C1CCCO1)N1CCCCCC1CBr. The fourth-order valence-electron chi connectivity index (χ4n) is 2.59. The molecule has 0 aromatic rings. The van der Waals surface area contributed by atoms with Gasteiger partial charge in [-0.1, -0.05) is 28.8 Å². The smallest absolute Gasteiger partial charge is 0.251 e. The number of rotatable bonds is 2. The minimum atomic E-state index is -0.153. The van der Waals surface area contributed by atoms with Gasteiger partial charge in [-0.05, 0) is 25.7 Å². The van der Waals surface area contributed by atoms with Gasteiger partial charge in [-0.2, -0.15) is 0 Å². The fraction of sp³-hybridized carbons (Fsp3) is 0.917. The molecule has 4 heteroatoms. The molecule has 1 amide bonds. The summed E-state index contributed by atoms with van der Waals surface area (Å²) in [5, 5.41) is 0.894. The average Bonchev–Trinajstić information content (AvgIpc) is 2.73. The number of alkyl halides is 1. The zero-order chi connectivity index (χ0) is 11.4. The van der Waals surface area contributed by atoms with E-state index in [1.54, 1.807) is 0 Å². The molecule has 2 atom stereocenters. The molecule has 2 fully saturated rings. The van der Waals surface area contributed by atoms with E-state index in [9.17, 15) is 4.79 Å². The average molecular weight is 290 g/mol. The number of halogens is 1. The highest BCUT2D eigenvalue weighted by Gasteiger charge is 2.32. The number of amides is 1. The zero-order valence-electron chi connectivity index (χ0n) is 9.66. The first-order chi connectivity index (χ1) is 7.83. The van der Waals surface area contributed by atoms with Crippen LogP contribution in [0.4, 0.5) is 0 Å². The Kier molecular flexibility index (Phi) is 4.65. The molecule has 0 aromatic carbocycles. The van der Waals surface area contributed by atoms with E-state index in [-0.39, 0.29) is 12.0 Å². The Morgan fingerprint density at radius 1 is 1.25 bits per heavy atom. The number of nitrogens with zero attached hydrogens (tertiary/aromatic N) is 1. The van der Waals surface area contributed by atoms with Gasteiger partial charge in [0.1, 0.15) is 6.10 Å². The van der Waals surface area contributed by atoms with Crippen molar-refractivity contribution in [1.82, 2.24) is 4.90 Å². The first-order valence-corrected chi connectivity index (χ1v) is 7.43. The van der Waals surface area contributed by atoms with Crippen molar-refractivity contribution in [2.45, 2.75) is 50.7 Å². The summed E-state index contributed by atoms with van der Waals surface area (Å²) in [6, 6.07) is 0.374. The number of hydrogen-bond acceptors (Lipinski definition) is 2. The minimum Gasteiger partial charge on any atom is -0.368 e. The van der Waals surface area contributed by atoms with Crippen LogP contribution in [-0.2, 0) is 9.53 Å². The van der Waals surface area contributed by atoms with E-state index in [4.69, 9.17) is 4.74 Å². The second-order valence-corrected chi connectivity index (χ2v) is 5.34. The number of carbonyl (C=O) groups is 1. The Hall–Kier alpha value is -0.0900. The molecule has 2 aliphatic heterocycles. The molecule has 2 rings (SSSR count). The molecule has 2 aliphatic rings. The van der Waals surface area contributed by atoms with Crippen molar-refractivity contribution >= 4 is 21.8 Å². The third kappa shape index (κ3) is 2.77. The van der Waals surface area contributed by atoms with Crippen molar-refractivity contribution in [3.63, 3.8) is 0 Å². The van der Waals surface area contributed by atoms with Crippen LogP contribution < -0.4 is 0 Å². The van der Waals surface area contributed by atoms with Crippen molar-refractivity contribution in [1.29, 1.82) is 0 Å². The summed E-state index contributed by atoms with van der Waals surface area (Å²) in [5.74, 6) is 0.226. The molecule has 0 aromatic heterocycles. The molecule has 0 bridgehead atoms. The Morgan fingerprint density at radius 3 is 2.81 bits per heavy atom.